The Hall–Kier alpha value is -2.77. The number of aliphatic imine (C=N–C) groups is 1. The molecule has 0 aliphatic carbocycles. The summed E-state index contributed by atoms with van der Waals surface area (Å²) in [7, 11) is 0. The highest BCUT2D eigenvalue weighted by molar-refractivity contribution is 14.1. The lowest BCUT2D eigenvalue weighted by molar-refractivity contribution is -0.131. The van der Waals surface area contributed by atoms with Gasteiger partial charge < -0.3 is 0 Å². The highest BCUT2D eigenvalue weighted by Gasteiger charge is 2.40. The quantitative estimate of drug-likeness (QED) is 0.403. The summed E-state index contributed by atoms with van der Waals surface area (Å²) in [4.78, 5) is 42.0. The molecule has 0 radical (unpaired) electrons. The third-order valence-corrected chi connectivity index (χ3v) is 4.68. The molecular weight excluding hydrogens is 483 g/mol. The first kappa shape index (κ1) is 19.0. The van der Waals surface area contributed by atoms with Crippen molar-refractivity contribution in [2.24, 2.45) is 10.9 Å². The lowest BCUT2D eigenvalue weighted by Crippen LogP contribution is -2.58. The number of anilines is 1. The summed E-state index contributed by atoms with van der Waals surface area (Å²) in [6.45, 7) is 0. The van der Waals surface area contributed by atoms with Gasteiger partial charge in [-0.2, -0.15) is 5.26 Å². The molecule has 1 N–H and O–H groups in total. The zero-order valence-electron chi connectivity index (χ0n) is 13.5. The third-order valence-electron chi connectivity index (χ3n) is 3.73. The van der Waals surface area contributed by atoms with Crippen molar-refractivity contribution in [1.29, 1.82) is 5.26 Å². The van der Waals surface area contributed by atoms with E-state index in [-0.39, 0.29) is 11.3 Å². The molecule has 2 aromatic carbocycles. The second-order valence-corrected chi connectivity index (χ2v) is 7.16. The van der Waals surface area contributed by atoms with Crippen LogP contribution in [-0.4, -0.2) is 24.1 Å². The number of hydrogen-bond acceptors (Lipinski definition) is 5. The average molecular weight is 493 g/mol. The number of benzene rings is 2. The molecule has 1 saturated heterocycles. The number of imide groups is 2. The predicted octanol–water partition coefficient (Wildman–Crippen LogP) is 3.42. The maximum Gasteiger partial charge on any atom is 0.335 e. The van der Waals surface area contributed by atoms with E-state index < -0.39 is 23.8 Å². The summed E-state index contributed by atoms with van der Waals surface area (Å²) >= 11 is 8.00. The molecule has 4 amide bonds. The Morgan fingerprint density at radius 3 is 2.56 bits per heavy atom. The Labute approximate surface area is 172 Å². The monoisotopic (exact) mass is 492 g/mol. The number of halogens is 2. The Bertz CT molecular complexity index is 1010. The number of hydrogen-bond donors (Lipinski definition) is 1. The number of carbonyl (C=O) groups excluding carboxylic acids is 3. The summed E-state index contributed by atoms with van der Waals surface area (Å²) in [5.41, 5.74) is 0.803. The summed E-state index contributed by atoms with van der Waals surface area (Å²) in [5.74, 6) is -2.82. The number of nitrogens with one attached hydrogen (secondary N) is 1. The molecule has 1 aliphatic heterocycles. The van der Waals surface area contributed by atoms with E-state index in [1.807, 2.05) is 6.07 Å². The number of rotatable bonds is 3. The molecule has 1 atom stereocenters. The fourth-order valence-corrected chi connectivity index (χ4v) is 2.94. The van der Waals surface area contributed by atoms with E-state index in [1.54, 1.807) is 24.3 Å². The Morgan fingerprint density at radius 2 is 1.89 bits per heavy atom. The van der Waals surface area contributed by atoms with Gasteiger partial charge in [0.15, 0.2) is 5.92 Å². The Balaban J connectivity index is 1.93. The van der Waals surface area contributed by atoms with Crippen LogP contribution in [0.25, 0.3) is 0 Å². The van der Waals surface area contributed by atoms with Gasteiger partial charge in [-0.1, -0.05) is 11.6 Å². The van der Waals surface area contributed by atoms with Gasteiger partial charge in [-0.3, -0.25) is 19.9 Å². The van der Waals surface area contributed by atoms with Gasteiger partial charge in [0.25, 0.3) is 5.91 Å². The van der Waals surface area contributed by atoms with Gasteiger partial charge in [-0.25, -0.2) is 9.69 Å². The highest BCUT2D eigenvalue weighted by atomic mass is 127. The van der Waals surface area contributed by atoms with E-state index in [2.05, 4.69) is 32.9 Å². The summed E-state index contributed by atoms with van der Waals surface area (Å²) < 4.78 is 0.931. The fourth-order valence-electron chi connectivity index (χ4n) is 2.42. The molecule has 3 rings (SSSR count). The average Bonchev–Trinajstić information content (AvgIpc) is 2.63. The SMILES string of the molecule is N#Cc1ccc(Cl)cc1N=C[C@@H]1C(=O)NC(=O)N(c2ccc(I)cc2)C1=O. The molecule has 2 aromatic rings. The number of amides is 4. The van der Waals surface area contributed by atoms with Gasteiger partial charge in [-0.05, 0) is 65.1 Å². The highest BCUT2D eigenvalue weighted by Crippen LogP contribution is 2.25. The minimum atomic E-state index is -1.31. The van der Waals surface area contributed by atoms with Crippen LogP contribution in [0, 0.1) is 20.8 Å². The number of barbiturate groups is 1. The van der Waals surface area contributed by atoms with Crippen molar-refractivity contribution in [2.45, 2.75) is 0 Å². The second-order valence-electron chi connectivity index (χ2n) is 5.47. The van der Waals surface area contributed by atoms with Crippen LogP contribution in [0.3, 0.4) is 0 Å². The second kappa shape index (κ2) is 7.85. The van der Waals surface area contributed by atoms with Crippen molar-refractivity contribution >= 4 is 69.6 Å². The molecule has 0 unspecified atom stereocenters. The van der Waals surface area contributed by atoms with Crippen LogP contribution >= 0.6 is 34.2 Å². The van der Waals surface area contributed by atoms with Crippen molar-refractivity contribution in [2.75, 3.05) is 4.90 Å². The zero-order valence-corrected chi connectivity index (χ0v) is 16.4. The predicted molar refractivity (Wildman–Crippen MR) is 108 cm³/mol. The van der Waals surface area contributed by atoms with Crippen molar-refractivity contribution in [3.05, 3.63) is 56.6 Å². The van der Waals surface area contributed by atoms with Gasteiger partial charge in [0.05, 0.1) is 16.9 Å². The van der Waals surface area contributed by atoms with Crippen molar-refractivity contribution < 1.29 is 14.4 Å². The molecule has 0 saturated carbocycles. The smallest absolute Gasteiger partial charge is 0.276 e. The minimum absolute atomic E-state index is 0.225. The Kier molecular flexibility index (Phi) is 5.53. The molecule has 27 heavy (non-hydrogen) atoms. The van der Waals surface area contributed by atoms with Crippen LogP contribution in [0.4, 0.5) is 16.2 Å². The van der Waals surface area contributed by atoms with Crippen LogP contribution in [0.1, 0.15) is 5.56 Å². The van der Waals surface area contributed by atoms with Crippen molar-refractivity contribution in [1.82, 2.24) is 5.32 Å². The molecule has 9 heteroatoms. The van der Waals surface area contributed by atoms with Crippen LogP contribution < -0.4 is 10.2 Å². The molecule has 7 nitrogen and oxygen atoms in total. The largest absolute Gasteiger partial charge is 0.335 e. The van der Waals surface area contributed by atoms with Crippen molar-refractivity contribution in [3.8, 4) is 6.07 Å². The van der Waals surface area contributed by atoms with Crippen molar-refractivity contribution in [3.63, 3.8) is 0 Å². The van der Waals surface area contributed by atoms with Crippen LogP contribution in [0.15, 0.2) is 47.5 Å². The van der Waals surface area contributed by atoms with Gasteiger partial charge >= 0.3 is 6.03 Å². The molecule has 1 aliphatic rings. The first-order valence-corrected chi connectivity index (χ1v) is 9.04. The van der Waals surface area contributed by atoms with Gasteiger partial charge in [0.1, 0.15) is 6.07 Å². The number of urea groups is 1. The molecule has 0 spiro atoms. The zero-order chi connectivity index (χ0) is 19.6. The number of nitrogens with zero attached hydrogens (tertiary/aromatic N) is 3. The molecule has 0 bridgehead atoms. The third kappa shape index (κ3) is 3.99. The number of nitriles is 1. The summed E-state index contributed by atoms with van der Waals surface area (Å²) in [6, 6.07) is 12.3. The molecule has 1 fully saturated rings. The van der Waals surface area contributed by atoms with Crippen LogP contribution in [0.2, 0.25) is 5.02 Å². The first-order chi connectivity index (χ1) is 12.9. The maximum atomic E-state index is 12.7. The molecule has 134 valence electrons. The summed E-state index contributed by atoms with van der Waals surface area (Å²) in [5, 5.41) is 11.6. The van der Waals surface area contributed by atoms with E-state index in [0.717, 1.165) is 14.7 Å². The lowest BCUT2D eigenvalue weighted by Gasteiger charge is -2.28. The number of carbonyl (C=O) groups is 3. The summed E-state index contributed by atoms with van der Waals surface area (Å²) in [6.07, 6.45) is 1.11. The molecule has 0 aromatic heterocycles. The van der Waals surface area contributed by atoms with E-state index >= 15 is 0 Å². The standard InChI is InChI=1S/C18H10ClIN4O3/c19-11-2-1-10(8-21)15(7-11)22-9-14-16(25)23-18(27)24(17(14)26)13-5-3-12(20)4-6-13/h1-7,9,14H,(H,23,25,27)/t14-/m1/s1. The van der Waals surface area contributed by atoms with Crippen LogP contribution in [0.5, 0.6) is 0 Å². The minimum Gasteiger partial charge on any atom is -0.276 e. The fraction of sp³-hybridized carbons (Fsp3) is 0.0556. The molecular formula is C18H10ClIN4O3. The first-order valence-electron chi connectivity index (χ1n) is 7.59. The maximum absolute atomic E-state index is 12.7. The van der Waals surface area contributed by atoms with Crippen LogP contribution in [-0.2, 0) is 9.59 Å². The topological polar surface area (TPSA) is 103 Å². The normalized spacial score (nSPS) is 17.1. The van der Waals surface area contributed by atoms with Gasteiger partial charge in [0, 0.05) is 14.8 Å². The van der Waals surface area contributed by atoms with E-state index in [4.69, 9.17) is 16.9 Å². The van der Waals surface area contributed by atoms with E-state index in [0.29, 0.717) is 10.7 Å². The van der Waals surface area contributed by atoms with E-state index in [1.165, 1.54) is 18.2 Å². The van der Waals surface area contributed by atoms with Gasteiger partial charge in [0.2, 0.25) is 5.91 Å². The molecule has 1 heterocycles. The Morgan fingerprint density at radius 1 is 1.19 bits per heavy atom. The lowest BCUT2D eigenvalue weighted by atomic mass is 10.1. The van der Waals surface area contributed by atoms with E-state index in [9.17, 15) is 14.4 Å². The van der Waals surface area contributed by atoms with Gasteiger partial charge in [-0.15, -0.1) is 0 Å².